The van der Waals surface area contributed by atoms with Crippen LogP contribution in [0.25, 0.3) is 0 Å². The number of nitrogens with one attached hydrogen (secondary N) is 2. The van der Waals surface area contributed by atoms with Gasteiger partial charge in [0.15, 0.2) is 5.11 Å². The fourth-order valence-corrected chi connectivity index (χ4v) is 2.14. The van der Waals surface area contributed by atoms with Gasteiger partial charge in [-0.3, -0.25) is 0 Å². The summed E-state index contributed by atoms with van der Waals surface area (Å²) in [6, 6.07) is 4.38. The van der Waals surface area contributed by atoms with Crippen molar-refractivity contribution in [3.8, 4) is 0 Å². The highest BCUT2D eigenvalue weighted by Gasteiger charge is 2.15. The minimum Gasteiger partial charge on any atom is -0.376 e. The Kier molecular flexibility index (Phi) is 4.74. The summed E-state index contributed by atoms with van der Waals surface area (Å²) in [5, 5.41) is 6.56. The summed E-state index contributed by atoms with van der Waals surface area (Å²) in [6.07, 6.45) is 2.37. The molecule has 6 heteroatoms. The predicted molar refractivity (Wildman–Crippen MR) is 74.6 cm³/mol. The Bertz CT molecular complexity index is 438. The molecule has 1 heterocycles. The van der Waals surface area contributed by atoms with Gasteiger partial charge in [-0.15, -0.1) is 0 Å². The minimum atomic E-state index is -0.444. The second kappa shape index (κ2) is 6.31. The van der Waals surface area contributed by atoms with E-state index in [-0.39, 0.29) is 11.1 Å². The fourth-order valence-electron chi connectivity index (χ4n) is 1.76. The molecule has 0 saturated carbocycles. The molecule has 3 nitrogen and oxygen atoms in total. The van der Waals surface area contributed by atoms with E-state index in [1.54, 1.807) is 6.07 Å². The average molecular weight is 289 g/mol. The van der Waals surface area contributed by atoms with Crippen LogP contribution < -0.4 is 10.6 Å². The van der Waals surface area contributed by atoms with E-state index in [0.717, 1.165) is 19.4 Å². The van der Waals surface area contributed by atoms with E-state index in [1.165, 1.54) is 12.1 Å². The van der Waals surface area contributed by atoms with E-state index in [4.69, 9.17) is 28.6 Å². The second-order valence-corrected chi connectivity index (χ2v) is 4.91. The van der Waals surface area contributed by atoms with Gasteiger partial charge in [0.1, 0.15) is 5.82 Å². The van der Waals surface area contributed by atoms with E-state index >= 15 is 0 Å². The maximum absolute atomic E-state index is 13.0. The molecule has 1 aliphatic heterocycles. The number of benzene rings is 1. The predicted octanol–water partition coefficient (Wildman–Crippen LogP) is 2.94. The van der Waals surface area contributed by atoms with Gasteiger partial charge >= 0.3 is 0 Å². The third-order valence-electron chi connectivity index (χ3n) is 2.69. The van der Waals surface area contributed by atoms with E-state index in [0.29, 0.717) is 17.3 Å². The number of anilines is 1. The van der Waals surface area contributed by atoms with Crippen LogP contribution in [0.5, 0.6) is 0 Å². The molecule has 1 saturated heterocycles. The van der Waals surface area contributed by atoms with Crippen molar-refractivity contribution in [1.29, 1.82) is 0 Å². The lowest BCUT2D eigenvalue weighted by Gasteiger charge is -2.14. The lowest BCUT2D eigenvalue weighted by Crippen LogP contribution is -2.34. The van der Waals surface area contributed by atoms with Crippen molar-refractivity contribution in [3.63, 3.8) is 0 Å². The average Bonchev–Trinajstić information content (AvgIpc) is 2.84. The van der Waals surface area contributed by atoms with Crippen LogP contribution in [0.4, 0.5) is 10.1 Å². The molecule has 1 atom stereocenters. The molecule has 1 aromatic rings. The first kappa shape index (κ1) is 13.5. The highest BCUT2D eigenvalue weighted by atomic mass is 35.5. The van der Waals surface area contributed by atoms with Crippen LogP contribution in [-0.4, -0.2) is 24.4 Å². The summed E-state index contributed by atoms with van der Waals surface area (Å²) in [5.41, 5.74) is 0.659. The molecule has 2 N–H and O–H groups in total. The fraction of sp³-hybridized carbons (Fsp3) is 0.417. The monoisotopic (exact) mass is 288 g/mol. The van der Waals surface area contributed by atoms with E-state index < -0.39 is 5.82 Å². The molecule has 0 unspecified atom stereocenters. The molecule has 2 rings (SSSR count). The van der Waals surface area contributed by atoms with Crippen molar-refractivity contribution < 1.29 is 9.13 Å². The summed E-state index contributed by atoms with van der Waals surface area (Å²) in [7, 11) is 0. The molecule has 0 amide bonds. The van der Waals surface area contributed by atoms with Gasteiger partial charge in [-0.25, -0.2) is 4.39 Å². The first-order valence-electron chi connectivity index (χ1n) is 5.76. The summed E-state index contributed by atoms with van der Waals surface area (Å²) in [6.45, 7) is 1.50. The van der Waals surface area contributed by atoms with Crippen molar-refractivity contribution in [2.45, 2.75) is 18.9 Å². The molecule has 18 heavy (non-hydrogen) atoms. The van der Waals surface area contributed by atoms with Crippen LogP contribution in [0.3, 0.4) is 0 Å². The zero-order chi connectivity index (χ0) is 13.0. The lowest BCUT2D eigenvalue weighted by atomic mass is 10.2. The zero-order valence-corrected chi connectivity index (χ0v) is 11.3. The van der Waals surface area contributed by atoms with Crippen molar-refractivity contribution in [1.82, 2.24) is 5.32 Å². The molecular weight excluding hydrogens is 275 g/mol. The molecule has 0 aromatic heterocycles. The summed E-state index contributed by atoms with van der Waals surface area (Å²) in [5.74, 6) is -0.444. The Morgan fingerprint density at radius 3 is 3.06 bits per heavy atom. The van der Waals surface area contributed by atoms with Gasteiger partial charge in [0.05, 0.1) is 11.1 Å². The number of hydrogen-bond acceptors (Lipinski definition) is 2. The van der Waals surface area contributed by atoms with E-state index in [9.17, 15) is 4.39 Å². The maximum atomic E-state index is 13.0. The van der Waals surface area contributed by atoms with Gasteiger partial charge in [0.2, 0.25) is 0 Å². The third-order valence-corrected chi connectivity index (χ3v) is 3.23. The Labute approximate surface area is 116 Å². The molecule has 98 valence electrons. The van der Waals surface area contributed by atoms with Crippen LogP contribution >= 0.6 is 23.8 Å². The Morgan fingerprint density at radius 1 is 1.56 bits per heavy atom. The van der Waals surface area contributed by atoms with E-state index in [1.807, 2.05) is 0 Å². The molecule has 0 radical (unpaired) electrons. The van der Waals surface area contributed by atoms with Crippen LogP contribution in [0.1, 0.15) is 12.8 Å². The number of hydrogen-bond donors (Lipinski definition) is 2. The first-order chi connectivity index (χ1) is 8.65. The number of halogens is 2. The number of thiocarbonyl (C=S) groups is 1. The summed E-state index contributed by atoms with van der Waals surface area (Å²) < 4.78 is 18.4. The quantitative estimate of drug-likeness (QED) is 0.838. The van der Waals surface area contributed by atoms with Crippen LogP contribution in [-0.2, 0) is 4.74 Å². The third kappa shape index (κ3) is 3.80. The molecular formula is C12H14ClFN2OS. The van der Waals surface area contributed by atoms with E-state index in [2.05, 4.69) is 10.6 Å². The highest BCUT2D eigenvalue weighted by Crippen LogP contribution is 2.19. The maximum Gasteiger partial charge on any atom is 0.170 e. The standard InChI is InChI=1S/C12H14ClFN2OS/c13-10-6-8(3-4-11(10)14)16-12(18)15-7-9-2-1-5-17-9/h3-4,6,9H,1-2,5,7H2,(H2,15,16,18)/t9-/m1/s1. The normalized spacial score (nSPS) is 18.7. The molecule has 0 bridgehead atoms. The summed E-state index contributed by atoms with van der Waals surface area (Å²) in [4.78, 5) is 0. The Balaban J connectivity index is 1.80. The Morgan fingerprint density at radius 2 is 2.39 bits per heavy atom. The minimum absolute atomic E-state index is 0.0712. The molecule has 1 fully saturated rings. The van der Waals surface area contributed by atoms with Gasteiger partial charge in [0.25, 0.3) is 0 Å². The van der Waals surface area contributed by atoms with Crippen LogP contribution in [0.15, 0.2) is 18.2 Å². The topological polar surface area (TPSA) is 33.3 Å². The van der Waals surface area contributed by atoms with Crippen molar-refractivity contribution in [3.05, 3.63) is 29.0 Å². The van der Waals surface area contributed by atoms with Gasteiger partial charge < -0.3 is 15.4 Å². The van der Waals surface area contributed by atoms with Gasteiger partial charge in [-0.1, -0.05) is 11.6 Å². The van der Waals surface area contributed by atoms with Crippen molar-refractivity contribution in [2.75, 3.05) is 18.5 Å². The molecule has 1 aliphatic rings. The van der Waals surface area contributed by atoms with Crippen LogP contribution in [0, 0.1) is 5.82 Å². The summed E-state index contributed by atoms with van der Waals surface area (Å²) >= 11 is 10.8. The van der Waals surface area contributed by atoms with Crippen molar-refractivity contribution in [2.24, 2.45) is 0 Å². The smallest absolute Gasteiger partial charge is 0.170 e. The van der Waals surface area contributed by atoms with Gasteiger partial charge in [-0.2, -0.15) is 0 Å². The molecule has 1 aromatic carbocycles. The SMILES string of the molecule is Fc1ccc(NC(=S)NC[C@H]2CCCO2)cc1Cl. The molecule has 0 spiro atoms. The Hall–Kier alpha value is -0.910. The molecule has 0 aliphatic carbocycles. The van der Waals surface area contributed by atoms with Crippen molar-refractivity contribution >= 4 is 34.6 Å². The van der Waals surface area contributed by atoms with Crippen LogP contribution in [0.2, 0.25) is 5.02 Å². The lowest BCUT2D eigenvalue weighted by molar-refractivity contribution is 0.114. The second-order valence-electron chi connectivity index (χ2n) is 4.10. The van der Waals surface area contributed by atoms with Gasteiger partial charge in [-0.05, 0) is 43.3 Å². The largest absolute Gasteiger partial charge is 0.376 e. The highest BCUT2D eigenvalue weighted by molar-refractivity contribution is 7.80. The zero-order valence-electron chi connectivity index (χ0n) is 9.71. The first-order valence-corrected chi connectivity index (χ1v) is 6.55. The number of ether oxygens (including phenoxy) is 1. The van der Waals surface area contributed by atoms with Gasteiger partial charge in [0, 0.05) is 18.8 Å². The number of rotatable bonds is 3.